The van der Waals surface area contributed by atoms with Gasteiger partial charge in [-0.25, -0.2) is 0 Å². The van der Waals surface area contributed by atoms with Crippen molar-refractivity contribution in [2.45, 2.75) is 52.0 Å². The molecule has 70 valence electrons. The first-order valence-electron chi connectivity index (χ1n) is 5.34. The molecule has 0 spiro atoms. The molecule has 2 aliphatic carbocycles. The molecular formula is C11H21N. The smallest absolute Gasteiger partial charge is 0.00737 e. The fraction of sp³-hybridized carbons (Fsp3) is 1.00. The van der Waals surface area contributed by atoms with Crippen molar-refractivity contribution >= 4 is 0 Å². The predicted molar refractivity (Wildman–Crippen MR) is 51.8 cm³/mol. The van der Waals surface area contributed by atoms with E-state index in [1.54, 1.807) is 0 Å². The minimum absolute atomic E-state index is 0.559. The van der Waals surface area contributed by atoms with Crippen molar-refractivity contribution in [1.82, 2.24) is 0 Å². The molecule has 0 heterocycles. The molecule has 2 aliphatic rings. The van der Waals surface area contributed by atoms with Gasteiger partial charge in [0.25, 0.3) is 0 Å². The molecule has 0 aromatic rings. The molecule has 0 aromatic heterocycles. The van der Waals surface area contributed by atoms with Crippen LogP contribution in [-0.4, -0.2) is 6.04 Å². The molecule has 1 nitrogen and oxygen atoms in total. The van der Waals surface area contributed by atoms with Crippen LogP contribution in [0.1, 0.15) is 46.0 Å². The van der Waals surface area contributed by atoms with Gasteiger partial charge >= 0.3 is 0 Å². The normalized spacial score (nSPS) is 45.8. The highest BCUT2D eigenvalue weighted by Gasteiger charge is 2.43. The largest absolute Gasteiger partial charge is 0.327 e. The van der Waals surface area contributed by atoms with E-state index in [9.17, 15) is 0 Å². The lowest BCUT2D eigenvalue weighted by molar-refractivity contribution is 0.163. The molecule has 0 amide bonds. The second-order valence-corrected chi connectivity index (χ2v) is 5.58. The zero-order chi connectivity index (χ0) is 8.77. The Morgan fingerprint density at radius 3 is 2.50 bits per heavy atom. The molecule has 0 aromatic carbocycles. The summed E-state index contributed by atoms with van der Waals surface area (Å²) >= 11 is 0. The van der Waals surface area contributed by atoms with E-state index < -0.39 is 0 Å². The fourth-order valence-electron chi connectivity index (χ4n) is 2.90. The van der Waals surface area contributed by atoms with Crippen molar-refractivity contribution < 1.29 is 0 Å². The van der Waals surface area contributed by atoms with Gasteiger partial charge in [-0.05, 0) is 36.5 Å². The summed E-state index contributed by atoms with van der Waals surface area (Å²) < 4.78 is 0. The predicted octanol–water partition coefficient (Wildman–Crippen LogP) is 2.55. The zero-order valence-electron chi connectivity index (χ0n) is 8.34. The summed E-state index contributed by atoms with van der Waals surface area (Å²) in [6.07, 6.45) is 7.03. The third kappa shape index (κ3) is 1.66. The second-order valence-electron chi connectivity index (χ2n) is 5.58. The first kappa shape index (κ1) is 8.55. The quantitative estimate of drug-likeness (QED) is 0.638. The molecular weight excluding hydrogens is 146 g/mol. The number of rotatable bonds is 1. The van der Waals surface area contributed by atoms with E-state index in [4.69, 9.17) is 5.73 Å². The van der Waals surface area contributed by atoms with E-state index >= 15 is 0 Å². The molecule has 2 saturated carbocycles. The van der Waals surface area contributed by atoms with Gasteiger partial charge in [0.2, 0.25) is 0 Å². The summed E-state index contributed by atoms with van der Waals surface area (Å²) in [5.41, 5.74) is 6.49. The van der Waals surface area contributed by atoms with E-state index in [0.29, 0.717) is 11.5 Å². The topological polar surface area (TPSA) is 26.0 Å². The number of hydrogen-bond acceptors (Lipinski definition) is 1. The van der Waals surface area contributed by atoms with Gasteiger partial charge in [0.1, 0.15) is 0 Å². The van der Waals surface area contributed by atoms with Crippen LogP contribution < -0.4 is 5.73 Å². The summed E-state index contributed by atoms with van der Waals surface area (Å²) in [6, 6.07) is 0.559. The van der Waals surface area contributed by atoms with Crippen LogP contribution in [0.5, 0.6) is 0 Å². The average Bonchev–Trinajstić information content (AvgIpc) is 2.64. The Bertz CT molecular complexity index is 174. The maximum absolute atomic E-state index is 5.89. The highest BCUT2D eigenvalue weighted by atomic mass is 14.8. The van der Waals surface area contributed by atoms with Gasteiger partial charge in [-0.3, -0.25) is 0 Å². The van der Waals surface area contributed by atoms with E-state index in [1.807, 2.05) is 0 Å². The van der Waals surface area contributed by atoms with Crippen LogP contribution in [0.15, 0.2) is 0 Å². The van der Waals surface area contributed by atoms with Gasteiger partial charge in [-0.15, -0.1) is 0 Å². The number of hydrogen-bond donors (Lipinski definition) is 1. The molecule has 2 N–H and O–H groups in total. The second kappa shape index (κ2) is 2.73. The Morgan fingerprint density at radius 1 is 1.33 bits per heavy atom. The van der Waals surface area contributed by atoms with Gasteiger partial charge in [0, 0.05) is 6.04 Å². The average molecular weight is 167 g/mol. The van der Waals surface area contributed by atoms with E-state index in [2.05, 4.69) is 13.8 Å². The first-order valence-corrected chi connectivity index (χ1v) is 5.34. The van der Waals surface area contributed by atoms with Crippen LogP contribution in [-0.2, 0) is 0 Å². The van der Waals surface area contributed by atoms with E-state index in [-0.39, 0.29) is 0 Å². The van der Waals surface area contributed by atoms with Gasteiger partial charge in [-0.1, -0.05) is 26.7 Å². The minimum Gasteiger partial charge on any atom is -0.327 e. The van der Waals surface area contributed by atoms with Crippen LogP contribution in [0.4, 0.5) is 0 Å². The maximum Gasteiger partial charge on any atom is 0.00737 e. The monoisotopic (exact) mass is 167 g/mol. The Labute approximate surface area is 75.7 Å². The lowest BCUT2D eigenvalue weighted by Gasteiger charge is -2.35. The van der Waals surface area contributed by atoms with Crippen molar-refractivity contribution in [2.24, 2.45) is 23.0 Å². The Kier molecular flexibility index (Phi) is 1.95. The molecule has 0 bridgehead atoms. The van der Waals surface area contributed by atoms with Crippen LogP contribution in [0.2, 0.25) is 0 Å². The SMILES string of the molecule is CC1(C)CCCC(C2CC2N)C1. The highest BCUT2D eigenvalue weighted by molar-refractivity contribution is 4.97. The summed E-state index contributed by atoms with van der Waals surface area (Å²) in [5.74, 6) is 1.85. The Balaban J connectivity index is 1.91. The Hall–Kier alpha value is -0.0400. The molecule has 0 saturated heterocycles. The molecule has 0 radical (unpaired) electrons. The lowest BCUT2D eigenvalue weighted by atomic mass is 9.70. The van der Waals surface area contributed by atoms with E-state index in [1.165, 1.54) is 32.1 Å². The first-order chi connectivity index (χ1) is 5.58. The molecule has 12 heavy (non-hydrogen) atoms. The number of nitrogens with two attached hydrogens (primary N) is 1. The molecule has 3 atom stereocenters. The lowest BCUT2D eigenvalue weighted by Crippen LogP contribution is -2.25. The van der Waals surface area contributed by atoms with Crippen LogP contribution >= 0.6 is 0 Å². The zero-order valence-corrected chi connectivity index (χ0v) is 8.34. The van der Waals surface area contributed by atoms with Crippen molar-refractivity contribution in [3.63, 3.8) is 0 Å². The van der Waals surface area contributed by atoms with E-state index in [0.717, 1.165) is 11.8 Å². The summed E-state index contributed by atoms with van der Waals surface area (Å²) in [7, 11) is 0. The van der Waals surface area contributed by atoms with Crippen molar-refractivity contribution in [1.29, 1.82) is 0 Å². The fourth-order valence-corrected chi connectivity index (χ4v) is 2.90. The maximum atomic E-state index is 5.89. The molecule has 1 heteroatoms. The molecule has 2 rings (SSSR count). The van der Waals surface area contributed by atoms with Gasteiger partial charge in [-0.2, -0.15) is 0 Å². The molecule has 3 unspecified atom stereocenters. The third-order valence-corrected chi connectivity index (χ3v) is 3.74. The van der Waals surface area contributed by atoms with Gasteiger partial charge < -0.3 is 5.73 Å². The van der Waals surface area contributed by atoms with Crippen LogP contribution in [0, 0.1) is 17.3 Å². The van der Waals surface area contributed by atoms with Crippen molar-refractivity contribution in [2.75, 3.05) is 0 Å². The Morgan fingerprint density at radius 2 is 2.00 bits per heavy atom. The summed E-state index contributed by atoms with van der Waals surface area (Å²) in [5, 5.41) is 0. The van der Waals surface area contributed by atoms with Crippen molar-refractivity contribution in [3.8, 4) is 0 Å². The van der Waals surface area contributed by atoms with Gasteiger partial charge in [0.05, 0.1) is 0 Å². The van der Waals surface area contributed by atoms with Crippen LogP contribution in [0.25, 0.3) is 0 Å². The highest BCUT2D eigenvalue weighted by Crippen LogP contribution is 2.48. The van der Waals surface area contributed by atoms with Crippen molar-refractivity contribution in [3.05, 3.63) is 0 Å². The van der Waals surface area contributed by atoms with Gasteiger partial charge in [0.15, 0.2) is 0 Å². The minimum atomic E-state index is 0.559. The standard InChI is InChI=1S/C11H21N/c1-11(2)5-3-4-8(7-11)9-6-10(9)12/h8-10H,3-7,12H2,1-2H3. The third-order valence-electron chi connectivity index (χ3n) is 3.74. The molecule has 2 fully saturated rings. The summed E-state index contributed by atoms with van der Waals surface area (Å²) in [4.78, 5) is 0. The van der Waals surface area contributed by atoms with Crippen LogP contribution in [0.3, 0.4) is 0 Å². The molecule has 0 aliphatic heterocycles. The summed E-state index contributed by atoms with van der Waals surface area (Å²) in [6.45, 7) is 4.82.